The highest BCUT2D eigenvalue weighted by Gasteiger charge is 2.12. The van der Waals surface area contributed by atoms with E-state index >= 15 is 0 Å². The first-order valence-corrected chi connectivity index (χ1v) is 7.42. The Morgan fingerprint density at radius 3 is 2.60 bits per heavy atom. The highest BCUT2D eigenvalue weighted by atomic mass is 32.1. The maximum absolute atomic E-state index is 4.21. The molecule has 1 N–H and O–H groups in total. The summed E-state index contributed by atoms with van der Waals surface area (Å²) in [4.78, 5) is 0. The Morgan fingerprint density at radius 1 is 1.35 bits per heavy atom. The van der Waals surface area contributed by atoms with E-state index in [2.05, 4.69) is 61.5 Å². The minimum Gasteiger partial charge on any atom is -0.374 e. The first-order chi connectivity index (χ1) is 9.72. The zero-order chi connectivity index (χ0) is 14.8. The normalized spacial score (nSPS) is 13.2. The van der Waals surface area contributed by atoms with Crippen molar-refractivity contribution in [3.05, 3.63) is 84.6 Å². The Labute approximate surface area is 128 Å². The molecule has 0 bridgehead atoms. The van der Waals surface area contributed by atoms with E-state index in [4.69, 9.17) is 0 Å². The summed E-state index contributed by atoms with van der Waals surface area (Å²) in [7, 11) is 0. The van der Waals surface area contributed by atoms with Gasteiger partial charge in [0.15, 0.2) is 0 Å². The van der Waals surface area contributed by atoms with E-state index in [1.54, 1.807) is 6.08 Å². The van der Waals surface area contributed by atoms with Crippen molar-refractivity contribution in [2.75, 3.05) is 5.75 Å². The second-order valence-corrected chi connectivity index (χ2v) is 4.87. The molecule has 0 saturated heterocycles. The van der Waals surface area contributed by atoms with E-state index in [9.17, 15) is 0 Å². The molecule has 106 valence electrons. The summed E-state index contributed by atoms with van der Waals surface area (Å²) >= 11 is 4.21. The monoisotopic (exact) mass is 285 g/mol. The van der Waals surface area contributed by atoms with E-state index < -0.39 is 0 Å². The molecule has 1 unspecified atom stereocenters. The number of thiol groups is 1. The van der Waals surface area contributed by atoms with Gasteiger partial charge in [0, 0.05) is 5.70 Å². The van der Waals surface area contributed by atoms with Gasteiger partial charge in [-0.1, -0.05) is 61.7 Å². The largest absolute Gasteiger partial charge is 0.374 e. The summed E-state index contributed by atoms with van der Waals surface area (Å²) in [5.41, 5.74) is 3.21. The fourth-order valence-electron chi connectivity index (χ4n) is 1.83. The third-order valence-electron chi connectivity index (χ3n) is 2.98. The summed E-state index contributed by atoms with van der Waals surface area (Å²) in [6, 6.07) is 10.3. The fraction of sp³-hybridized carbons (Fsp3) is 0.222. The molecule has 0 aromatic heterocycles. The van der Waals surface area contributed by atoms with Crippen LogP contribution in [0.25, 0.3) is 0 Å². The van der Waals surface area contributed by atoms with Gasteiger partial charge in [-0.2, -0.15) is 12.6 Å². The van der Waals surface area contributed by atoms with Gasteiger partial charge in [-0.3, -0.25) is 0 Å². The van der Waals surface area contributed by atoms with Crippen molar-refractivity contribution in [3.8, 4) is 0 Å². The second kappa shape index (κ2) is 9.27. The van der Waals surface area contributed by atoms with Crippen molar-refractivity contribution in [2.24, 2.45) is 0 Å². The predicted molar refractivity (Wildman–Crippen MR) is 93.0 cm³/mol. The van der Waals surface area contributed by atoms with E-state index in [0.29, 0.717) is 0 Å². The molecule has 0 heterocycles. The Bertz CT molecular complexity index is 485. The SMILES string of the molecule is C=CC(=C)C(N/C(C=CCCS)=C/C)c1ccccc1. The standard InChI is InChI=1S/C18H23NS/c1-4-15(3)18(16-11-7-6-8-12-16)19-17(5-2)13-9-10-14-20/h4-9,11-13,18-20H,1,3,10,14H2,2H3/b13-9?,17-5+. The molecule has 0 saturated carbocycles. The van der Waals surface area contributed by atoms with Crippen LogP contribution in [0.3, 0.4) is 0 Å². The third kappa shape index (κ3) is 5.14. The second-order valence-electron chi connectivity index (χ2n) is 4.43. The molecular weight excluding hydrogens is 262 g/mol. The van der Waals surface area contributed by atoms with Gasteiger partial charge < -0.3 is 5.32 Å². The lowest BCUT2D eigenvalue weighted by atomic mass is 9.99. The molecule has 1 nitrogen and oxygen atoms in total. The molecule has 1 rings (SSSR count). The zero-order valence-electron chi connectivity index (χ0n) is 12.0. The van der Waals surface area contributed by atoms with Gasteiger partial charge in [0.2, 0.25) is 0 Å². The minimum absolute atomic E-state index is 0.0422. The van der Waals surface area contributed by atoms with Crippen LogP contribution in [-0.2, 0) is 0 Å². The molecule has 0 amide bonds. The first kappa shape index (κ1) is 16.4. The van der Waals surface area contributed by atoms with Crippen molar-refractivity contribution in [1.82, 2.24) is 5.32 Å². The molecule has 20 heavy (non-hydrogen) atoms. The maximum Gasteiger partial charge on any atom is 0.0761 e. The Hall–Kier alpha value is -1.67. The maximum atomic E-state index is 4.21. The molecule has 1 atom stereocenters. The van der Waals surface area contributed by atoms with Crippen molar-refractivity contribution in [2.45, 2.75) is 19.4 Å². The minimum atomic E-state index is 0.0422. The average Bonchev–Trinajstić information content (AvgIpc) is 2.51. The highest BCUT2D eigenvalue weighted by Crippen LogP contribution is 2.22. The topological polar surface area (TPSA) is 12.0 Å². The highest BCUT2D eigenvalue weighted by molar-refractivity contribution is 7.80. The Kier molecular flexibility index (Phi) is 7.59. The quantitative estimate of drug-likeness (QED) is 0.514. The van der Waals surface area contributed by atoms with Gasteiger partial charge in [0.1, 0.15) is 0 Å². The lowest BCUT2D eigenvalue weighted by Crippen LogP contribution is -2.21. The zero-order valence-corrected chi connectivity index (χ0v) is 12.9. The van der Waals surface area contributed by atoms with Crippen LogP contribution in [0.2, 0.25) is 0 Å². The van der Waals surface area contributed by atoms with E-state index in [1.807, 2.05) is 25.1 Å². The molecule has 0 aliphatic heterocycles. The van der Waals surface area contributed by atoms with Crippen LogP contribution in [0.5, 0.6) is 0 Å². The number of allylic oxidation sites excluding steroid dienone is 3. The van der Waals surface area contributed by atoms with E-state index in [0.717, 1.165) is 23.4 Å². The summed E-state index contributed by atoms with van der Waals surface area (Å²) in [6.07, 6.45) is 9.02. The van der Waals surface area contributed by atoms with Gasteiger partial charge >= 0.3 is 0 Å². The molecule has 0 aliphatic carbocycles. The number of rotatable bonds is 8. The van der Waals surface area contributed by atoms with Gasteiger partial charge in [-0.05, 0) is 36.3 Å². The van der Waals surface area contributed by atoms with E-state index in [-0.39, 0.29) is 6.04 Å². The van der Waals surface area contributed by atoms with Crippen LogP contribution in [0.15, 0.2) is 79.1 Å². The van der Waals surface area contributed by atoms with Crippen LogP contribution in [0.4, 0.5) is 0 Å². The summed E-state index contributed by atoms with van der Waals surface area (Å²) in [5.74, 6) is 0.856. The smallest absolute Gasteiger partial charge is 0.0761 e. The summed E-state index contributed by atoms with van der Waals surface area (Å²) < 4.78 is 0. The van der Waals surface area contributed by atoms with Gasteiger partial charge in [0.05, 0.1) is 6.04 Å². The lowest BCUT2D eigenvalue weighted by molar-refractivity contribution is 0.705. The van der Waals surface area contributed by atoms with Gasteiger partial charge in [0.25, 0.3) is 0 Å². The van der Waals surface area contributed by atoms with Gasteiger partial charge in [-0.15, -0.1) is 0 Å². The molecular formula is C18H23NS. The van der Waals surface area contributed by atoms with Crippen molar-refractivity contribution in [1.29, 1.82) is 0 Å². The average molecular weight is 285 g/mol. The van der Waals surface area contributed by atoms with Crippen LogP contribution in [0.1, 0.15) is 24.9 Å². The number of hydrogen-bond donors (Lipinski definition) is 2. The van der Waals surface area contributed by atoms with Crippen LogP contribution in [0, 0.1) is 0 Å². The van der Waals surface area contributed by atoms with Crippen molar-refractivity contribution >= 4 is 12.6 Å². The molecule has 0 spiro atoms. The Balaban J connectivity index is 2.90. The molecule has 1 aromatic rings. The molecule has 1 aromatic carbocycles. The lowest BCUT2D eigenvalue weighted by Gasteiger charge is -2.21. The van der Waals surface area contributed by atoms with Crippen LogP contribution >= 0.6 is 12.6 Å². The van der Waals surface area contributed by atoms with Crippen LogP contribution < -0.4 is 5.32 Å². The molecule has 2 heteroatoms. The van der Waals surface area contributed by atoms with Gasteiger partial charge in [-0.25, -0.2) is 0 Å². The van der Waals surface area contributed by atoms with Crippen LogP contribution in [-0.4, -0.2) is 5.75 Å². The number of nitrogens with one attached hydrogen (secondary N) is 1. The predicted octanol–water partition coefficient (Wildman–Crippen LogP) is 4.84. The molecule has 0 aliphatic rings. The third-order valence-corrected chi connectivity index (χ3v) is 3.24. The number of hydrogen-bond acceptors (Lipinski definition) is 2. The first-order valence-electron chi connectivity index (χ1n) is 6.79. The van der Waals surface area contributed by atoms with Crippen molar-refractivity contribution < 1.29 is 0 Å². The van der Waals surface area contributed by atoms with Crippen molar-refractivity contribution in [3.63, 3.8) is 0 Å². The summed E-state index contributed by atoms with van der Waals surface area (Å²) in [6.45, 7) is 9.94. The van der Waals surface area contributed by atoms with E-state index in [1.165, 1.54) is 5.56 Å². The number of benzene rings is 1. The molecule has 0 radical (unpaired) electrons. The molecule has 0 fully saturated rings. The fourth-order valence-corrected chi connectivity index (χ4v) is 1.98. The Morgan fingerprint density at radius 2 is 2.05 bits per heavy atom. The summed E-state index contributed by atoms with van der Waals surface area (Å²) in [5, 5.41) is 3.51.